The lowest BCUT2D eigenvalue weighted by Gasteiger charge is -2.32. The van der Waals surface area contributed by atoms with Gasteiger partial charge in [-0.05, 0) is 49.4 Å². The molecule has 0 amide bonds. The minimum atomic E-state index is 0.881. The summed E-state index contributed by atoms with van der Waals surface area (Å²) < 4.78 is 0. The van der Waals surface area contributed by atoms with Gasteiger partial charge in [-0.3, -0.25) is 0 Å². The van der Waals surface area contributed by atoms with Crippen LogP contribution in [0.25, 0.3) is 0 Å². The Kier molecular flexibility index (Phi) is 3.20. The van der Waals surface area contributed by atoms with Crippen molar-refractivity contribution in [3.05, 3.63) is 0 Å². The first-order valence-corrected chi connectivity index (χ1v) is 5.72. The lowest BCUT2D eigenvalue weighted by molar-refractivity contribution is 0.192. The molecule has 12 heavy (non-hydrogen) atoms. The lowest BCUT2D eigenvalue weighted by atomic mass is 9.74. The highest BCUT2D eigenvalue weighted by molar-refractivity contribution is 4.97. The molecule has 0 saturated heterocycles. The fourth-order valence-electron chi connectivity index (χ4n) is 2.44. The van der Waals surface area contributed by atoms with Crippen molar-refractivity contribution in [1.82, 2.24) is 0 Å². The summed E-state index contributed by atoms with van der Waals surface area (Å²) in [6.45, 7) is 8.85. The highest BCUT2D eigenvalue weighted by Crippen LogP contribution is 2.58. The molecule has 2 rings (SSSR count). The van der Waals surface area contributed by atoms with Gasteiger partial charge in [0.05, 0.1) is 0 Å². The zero-order valence-corrected chi connectivity index (χ0v) is 9.19. The van der Waals surface area contributed by atoms with Crippen LogP contribution in [0.2, 0.25) is 0 Å². The molecule has 0 aromatic heterocycles. The third-order valence-electron chi connectivity index (χ3n) is 3.81. The van der Waals surface area contributed by atoms with E-state index in [2.05, 4.69) is 13.8 Å². The van der Waals surface area contributed by atoms with Gasteiger partial charge in [0.15, 0.2) is 0 Å². The van der Waals surface area contributed by atoms with Crippen LogP contribution in [0, 0.1) is 17.3 Å². The van der Waals surface area contributed by atoms with Crippen molar-refractivity contribution in [2.24, 2.45) is 17.3 Å². The molecule has 2 aliphatic rings. The van der Waals surface area contributed by atoms with Crippen molar-refractivity contribution >= 4 is 0 Å². The summed E-state index contributed by atoms with van der Waals surface area (Å²) in [5, 5.41) is 0. The average molecular weight is 168 g/mol. The zero-order valence-electron chi connectivity index (χ0n) is 9.19. The quantitative estimate of drug-likeness (QED) is 0.507. The minimum Gasteiger partial charge on any atom is -0.0683 e. The third kappa shape index (κ3) is 2.02. The van der Waals surface area contributed by atoms with E-state index in [1.54, 1.807) is 19.3 Å². The number of hydrogen-bond acceptors (Lipinski definition) is 0. The maximum absolute atomic E-state index is 2.43. The Morgan fingerprint density at radius 2 is 1.50 bits per heavy atom. The van der Waals surface area contributed by atoms with E-state index in [9.17, 15) is 0 Å². The normalized spacial score (nSPS) is 37.0. The van der Waals surface area contributed by atoms with Crippen LogP contribution in [-0.2, 0) is 0 Å². The van der Waals surface area contributed by atoms with Crippen LogP contribution < -0.4 is 0 Å². The van der Waals surface area contributed by atoms with Crippen molar-refractivity contribution in [3.63, 3.8) is 0 Å². The Bertz CT molecular complexity index is 133. The molecule has 2 unspecified atom stereocenters. The third-order valence-corrected chi connectivity index (χ3v) is 3.81. The van der Waals surface area contributed by atoms with E-state index in [4.69, 9.17) is 0 Å². The SMILES string of the molecule is CC.CC1CCC2(CC2)CC1C. The fourth-order valence-corrected chi connectivity index (χ4v) is 2.44. The smallest absolute Gasteiger partial charge is 0.0294 e. The van der Waals surface area contributed by atoms with Gasteiger partial charge in [0.25, 0.3) is 0 Å². The predicted octanol–water partition coefficient (Wildman–Crippen LogP) is 4.25. The fraction of sp³-hybridized carbons (Fsp3) is 1.00. The highest BCUT2D eigenvalue weighted by atomic mass is 14.5. The van der Waals surface area contributed by atoms with Crippen molar-refractivity contribution in [2.45, 2.75) is 59.8 Å². The second kappa shape index (κ2) is 3.81. The molecule has 2 aliphatic carbocycles. The van der Waals surface area contributed by atoms with Gasteiger partial charge in [-0.15, -0.1) is 0 Å². The Morgan fingerprint density at radius 3 is 1.92 bits per heavy atom. The lowest BCUT2D eigenvalue weighted by Crippen LogP contribution is -2.21. The summed E-state index contributed by atoms with van der Waals surface area (Å²) in [5.74, 6) is 2.02. The molecule has 0 heteroatoms. The van der Waals surface area contributed by atoms with Crippen LogP contribution in [0.3, 0.4) is 0 Å². The van der Waals surface area contributed by atoms with Gasteiger partial charge < -0.3 is 0 Å². The van der Waals surface area contributed by atoms with Gasteiger partial charge in [0.2, 0.25) is 0 Å². The van der Waals surface area contributed by atoms with Gasteiger partial charge in [-0.1, -0.05) is 27.7 Å². The van der Waals surface area contributed by atoms with Gasteiger partial charge in [-0.25, -0.2) is 0 Å². The summed E-state index contributed by atoms with van der Waals surface area (Å²) in [7, 11) is 0. The maximum atomic E-state index is 2.43. The summed E-state index contributed by atoms with van der Waals surface area (Å²) in [6.07, 6.45) is 7.67. The molecule has 2 atom stereocenters. The minimum absolute atomic E-state index is 0.881. The topological polar surface area (TPSA) is 0 Å². The van der Waals surface area contributed by atoms with Crippen molar-refractivity contribution < 1.29 is 0 Å². The maximum Gasteiger partial charge on any atom is -0.0294 e. The van der Waals surface area contributed by atoms with Crippen LogP contribution in [0.15, 0.2) is 0 Å². The Hall–Kier alpha value is 0. The van der Waals surface area contributed by atoms with Gasteiger partial charge in [0, 0.05) is 0 Å². The molecule has 72 valence electrons. The average Bonchev–Trinajstić information content (AvgIpc) is 2.83. The Balaban J connectivity index is 0.000000336. The number of rotatable bonds is 0. The largest absolute Gasteiger partial charge is 0.0683 e. The standard InChI is InChI=1S/C10H18.C2H6/c1-8-3-4-10(5-6-10)7-9(8)2;1-2/h8-9H,3-7H2,1-2H3;1-2H3. The van der Waals surface area contributed by atoms with Crippen LogP contribution in [0.5, 0.6) is 0 Å². The molecule has 0 aromatic carbocycles. The highest BCUT2D eigenvalue weighted by Gasteiger charge is 2.46. The summed E-state index contributed by atoms with van der Waals surface area (Å²) in [6, 6.07) is 0. The molecule has 0 bridgehead atoms. The molecule has 0 radical (unpaired) electrons. The van der Waals surface area contributed by atoms with Crippen LogP contribution in [-0.4, -0.2) is 0 Å². The van der Waals surface area contributed by atoms with E-state index in [-0.39, 0.29) is 0 Å². The first kappa shape index (κ1) is 10.1. The van der Waals surface area contributed by atoms with Crippen molar-refractivity contribution in [1.29, 1.82) is 0 Å². The van der Waals surface area contributed by atoms with E-state index >= 15 is 0 Å². The molecule has 2 fully saturated rings. The molecule has 2 saturated carbocycles. The molecular formula is C12H24. The van der Waals surface area contributed by atoms with E-state index in [0.717, 1.165) is 17.3 Å². The number of hydrogen-bond donors (Lipinski definition) is 0. The molecule has 0 nitrogen and oxygen atoms in total. The van der Waals surface area contributed by atoms with Crippen LogP contribution in [0.1, 0.15) is 59.8 Å². The molecule has 0 heterocycles. The summed E-state index contributed by atoms with van der Waals surface area (Å²) >= 11 is 0. The predicted molar refractivity (Wildman–Crippen MR) is 55.2 cm³/mol. The monoisotopic (exact) mass is 168 g/mol. The van der Waals surface area contributed by atoms with E-state index in [1.807, 2.05) is 13.8 Å². The van der Waals surface area contributed by atoms with Crippen molar-refractivity contribution in [2.75, 3.05) is 0 Å². The molecule has 1 spiro atoms. The van der Waals surface area contributed by atoms with Gasteiger partial charge in [0.1, 0.15) is 0 Å². The second-order valence-corrected chi connectivity index (χ2v) is 4.70. The molecule has 0 aromatic rings. The first-order chi connectivity index (χ1) is 5.72. The van der Waals surface area contributed by atoms with E-state index in [1.165, 1.54) is 12.8 Å². The van der Waals surface area contributed by atoms with Gasteiger partial charge in [-0.2, -0.15) is 0 Å². The summed E-state index contributed by atoms with van der Waals surface area (Å²) in [4.78, 5) is 0. The summed E-state index contributed by atoms with van der Waals surface area (Å²) in [5.41, 5.74) is 0.881. The first-order valence-electron chi connectivity index (χ1n) is 5.72. The zero-order chi connectivity index (χ0) is 9.19. The van der Waals surface area contributed by atoms with Crippen LogP contribution >= 0.6 is 0 Å². The van der Waals surface area contributed by atoms with E-state index in [0.29, 0.717) is 0 Å². The van der Waals surface area contributed by atoms with Crippen LogP contribution in [0.4, 0.5) is 0 Å². The Labute approximate surface area is 77.7 Å². The van der Waals surface area contributed by atoms with Gasteiger partial charge >= 0.3 is 0 Å². The Morgan fingerprint density at radius 1 is 0.917 bits per heavy atom. The second-order valence-electron chi connectivity index (χ2n) is 4.70. The molecular weight excluding hydrogens is 144 g/mol. The van der Waals surface area contributed by atoms with Crippen molar-refractivity contribution in [3.8, 4) is 0 Å². The molecule has 0 N–H and O–H groups in total. The molecule has 0 aliphatic heterocycles. The van der Waals surface area contributed by atoms with E-state index < -0.39 is 0 Å².